The summed E-state index contributed by atoms with van der Waals surface area (Å²) in [7, 11) is 0. The van der Waals surface area contributed by atoms with Crippen LogP contribution in [0.15, 0.2) is 0 Å². The predicted octanol–water partition coefficient (Wildman–Crippen LogP) is -0.886. The van der Waals surface area contributed by atoms with Gasteiger partial charge in [-0.05, 0) is 0 Å². The molecule has 1 fully saturated rings. The normalized spacial score (nSPS) is 18.9. The van der Waals surface area contributed by atoms with E-state index < -0.39 is 5.91 Å². The minimum atomic E-state index is -0.427. The molecule has 0 aromatic carbocycles. The molecule has 0 aliphatic carbocycles. The third kappa shape index (κ3) is 4.04. The van der Waals surface area contributed by atoms with Crippen LogP contribution < -0.4 is 11.1 Å². The van der Waals surface area contributed by atoms with E-state index in [0.29, 0.717) is 6.61 Å². The Kier molecular flexibility index (Phi) is 4.31. The zero-order valence-electron chi connectivity index (χ0n) is 8.54. The maximum Gasteiger partial charge on any atom is 0.243 e. The van der Waals surface area contributed by atoms with Gasteiger partial charge in [0.15, 0.2) is 0 Å². The SMILES string of the molecule is CC1(CNCCOCC(N)=O)COC1. The fraction of sp³-hybridized carbons (Fsp3) is 0.889. The number of hydrogen-bond acceptors (Lipinski definition) is 4. The van der Waals surface area contributed by atoms with Crippen molar-refractivity contribution in [1.29, 1.82) is 0 Å². The quantitative estimate of drug-likeness (QED) is 0.525. The lowest BCUT2D eigenvalue weighted by molar-refractivity contribution is -0.122. The second-order valence-corrected chi connectivity index (χ2v) is 4.00. The van der Waals surface area contributed by atoms with E-state index >= 15 is 0 Å². The highest BCUT2D eigenvalue weighted by Crippen LogP contribution is 2.24. The standard InChI is InChI=1S/C9H18N2O3/c1-9(6-14-7-9)5-11-2-3-13-4-8(10)12/h11H,2-7H2,1H3,(H2,10,12). The van der Waals surface area contributed by atoms with Crippen molar-refractivity contribution in [3.63, 3.8) is 0 Å². The summed E-state index contributed by atoms with van der Waals surface area (Å²) in [6.45, 7) is 6.00. The van der Waals surface area contributed by atoms with Crippen LogP contribution in [0.3, 0.4) is 0 Å². The van der Waals surface area contributed by atoms with Gasteiger partial charge in [0.1, 0.15) is 6.61 Å². The average Bonchev–Trinajstić information content (AvgIpc) is 2.07. The van der Waals surface area contributed by atoms with Crippen LogP contribution in [0.5, 0.6) is 0 Å². The van der Waals surface area contributed by atoms with Gasteiger partial charge >= 0.3 is 0 Å². The number of hydrogen-bond donors (Lipinski definition) is 2. The Morgan fingerprint density at radius 1 is 1.64 bits per heavy atom. The van der Waals surface area contributed by atoms with Crippen molar-refractivity contribution in [2.45, 2.75) is 6.92 Å². The Balaban J connectivity index is 1.87. The molecule has 0 spiro atoms. The lowest BCUT2D eigenvalue weighted by atomic mass is 9.89. The van der Waals surface area contributed by atoms with Gasteiger partial charge in [-0.2, -0.15) is 0 Å². The molecule has 1 amide bonds. The smallest absolute Gasteiger partial charge is 0.243 e. The van der Waals surface area contributed by atoms with Crippen LogP contribution >= 0.6 is 0 Å². The van der Waals surface area contributed by atoms with Crippen LogP contribution in [0.25, 0.3) is 0 Å². The molecule has 82 valence electrons. The highest BCUT2D eigenvalue weighted by atomic mass is 16.5. The molecular weight excluding hydrogens is 184 g/mol. The summed E-state index contributed by atoms with van der Waals surface area (Å²) in [5, 5.41) is 3.24. The Morgan fingerprint density at radius 3 is 2.86 bits per heavy atom. The van der Waals surface area contributed by atoms with Crippen LogP contribution in [0.1, 0.15) is 6.92 Å². The first kappa shape index (κ1) is 11.4. The third-order valence-corrected chi connectivity index (χ3v) is 2.12. The van der Waals surface area contributed by atoms with Crippen molar-refractivity contribution >= 4 is 5.91 Å². The number of amides is 1. The molecule has 1 saturated heterocycles. The lowest BCUT2D eigenvalue weighted by Crippen LogP contribution is -2.47. The molecule has 5 heteroatoms. The van der Waals surface area contributed by atoms with Crippen LogP contribution in [0.2, 0.25) is 0 Å². The summed E-state index contributed by atoms with van der Waals surface area (Å²) < 4.78 is 10.1. The number of nitrogens with two attached hydrogens (primary N) is 1. The molecule has 0 radical (unpaired) electrons. The van der Waals surface area contributed by atoms with Gasteiger partial charge in [0, 0.05) is 18.5 Å². The van der Waals surface area contributed by atoms with Gasteiger partial charge in [-0.25, -0.2) is 0 Å². The molecule has 0 bridgehead atoms. The monoisotopic (exact) mass is 202 g/mol. The Bertz CT molecular complexity index is 192. The molecular formula is C9H18N2O3. The number of carbonyl (C=O) groups is 1. The topological polar surface area (TPSA) is 73.6 Å². The van der Waals surface area contributed by atoms with E-state index in [1.54, 1.807) is 0 Å². The molecule has 0 unspecified atom stereocenters. The zero-order chi connectivity index (χ0) is 10.4. The van der Waals surface area contributed by atoms with Gasteiger partial charge in [0.05, 0.1) is 19.8 Å². The van der Waals surface area contributed by atoms with E-state index in [1.165, 1.54) is 0 Å². The van der Waals surface area contributed by atoms with Gasteiger partial charge in [0.2, 0.25) is 5.91 Å². The van der Waals surface area contributed by atoms with Crippen LogP contribution in [-0.4, -0.2) is 45.4 Å². The van der Waals surface area contributed by atoms with Gasteiger partial charge in [-0.3, -0.25) is 4.79 Å². The maximum absolute atomic E-state index is 10.3. The number of primary amides is 1. The number of nitrogens with one attached hydrogen (secondary N) is 1. The molecule has 0 atom stereocenters. The van der Waals surface area contributed by atoms with Gasteiger partial charge < -0.3 is 20.5 Å². The Hall–Kier alpha value is -0.650. The summed E-state index contributed by atoms with van der Waals surface area (Å²) in [6, 6.07) is 0. The summed E-state index contributed by atoms with van der Waals surface area (Å²) in [4.78, 5) is 10.3. The molecule has 0 aromatic rings. The van der Waals surface area contributed by atoms with E-state index in [2.05, 4.69) is 12.2 Å². The van der Waals surface area contributed by atoms with Gasteiger partial charge in [0.25, 0.3) is 0 Å². The Labute approximate surface area is 83.9 Å². The average molecular weight is 202 g/mol. The molecule has 14 heavy (non-hydrogen) atoms. The fourth-order valence-electron chi connectivity index (χ4n) is 1.26. The lowest BCUT2D eigenvalue weighted by Gasteiger charge is -2.38. The number of carbonyl (C=O) groups excluding carboxylic acids is 1. The van der Waals surface area contributed by atoms with E-state index in [1.807, 2.05) is 0 Å². The first-order chi connectivity index (χ1) is 6.62. The second kappa shape index (κ2) is 5.29. The van der Waals surface area contributed by atoms with Crippen molar-refractivity contribution in [1.82, 2.24) is 5.32 Å². The summed E-state index contributed by atoms with van der Waals surface area (Å²) >= 11 is 0. The highest BCUT2D eigenvalue weighted by Gasteiger charge is 2.32. The fourth-order valence-corrected chi connectivity index (χ4v) is 1.26. The molecule has 1 aliphatic rings. The van der Waals surface area contributed by atoms with Crippen molar-refractivity contribution in [3.05, 3.63) is 0 Å². The van der Waals surface area contributed by atoms with Crippen LogP contribution in [-0.2, 0) is 14.3 Å². The molecule has 1 rings (SSSR count). The van der Waals surface area contributed by atoms with Crippen molar-refractivity contribution in [2.24, 2.45) is 11.1 Å². The zero-order valence-corrected chi connectivity index (χ0v) is 8.54. The van der Waals surface area contributed by atoms with Crippen molar-refractivity contribution in [2.75, 3.05) is 39.5 Å². The van der Waals surface area contributed by atoms with Crippen molar-refractivity contribution < 1.29 is 14.3 Å². The van der Waals surface area contributed by atoms with E-state index in [4.69, 9.17) is 15.2 Å². The maximum atomic E-state index is 10.3. The molecule has 1 heterocycles. The minimum Gasteiger partial charge on any atom is -0.380 e. The highest BCUT2D eigenvalue weighted by molar-refractivity contribution is 5.74. The van der Waals surface area contributed by atoms with E-state index in [9.17, 15) is 4.79 Å². The van der Waals surface area contributed by atoms with E-state index in [0.717, 1.165) is 26.3 Å². The largest absolute Gasteiger partial charge is 0.380 e. The number of ether oxygens (including phenoxy) is 2. The van der Waals surface area contributed by atoms with Crippen LogP contribution in [0.4, 0.5) is 0 Å². The molecule has 5 nitrogen and oxygen atoms in total. The molecule has 0 aromatic heterocycles. The van der Waals surface area contributed by atoms with Crippen molar-refractivity contribution in [3.8, 4) is 0 Å². The summed E-state index contributed by atoms with van der Waals surface area (Å²) in [5.74, 6) is -0.427. The third-order valence-electron chi connectivity index (χ3n) is 2.12. The van der Waals surface area contributed by atoms with Crippen LogP contribution in [0, 0.1) is 5.41 Å². The number of rotatable bonds is 7. The van der Waals surface area contributed by atoms with E-state index in [-0.39, 0.29) is 12.0 Å². The summed E-state index contributed by atoms with van der Waals surface area (Å²) in [6.07, 6.45) is 0. The van der Waals surface area contributed by atoms with Gasteiger partial charge in [-0.15, -0.1) is 0 Å². The molecule has 3 N–H and O–H groups in total. The minimum absolute atomic E-state index is 0.00204. The first-order valence-electron chi connectivity index (χ1n) is 4.77. The Morgan fingerprint density at radius 2 is 2.36 bits per heavy atom. The summed E-state index contributed by atoms with van der Waals surface area (Å²) in [5.41, 5.74) is 5.19. The molecule has 0 saturated carbocycles. The second-order valence-electron chi connectivity index (χ2n) is 4.00. The predicted molar refractivity (Wildman–Crippen MR) is 51.8 cm³/mol. The van der Waals surface area contributed by atoms with Gasteiger partial charge in [-0.1, -0.05) is 6.92 Å². The first-order valence-corrected chi connectivity index (χ1v) is 4.77. The molecule has 1 aliphatic heterocycles.